The molecule has 9 heteroatoms. The molecule has 1 aliphatic rings. The number of nitrogens with zero attached hydrogens (tertiary/aromatic N) is 1. The van der Waals surface area contributed by atoms with Crippen molar-refractivity contribution in [2.24, 2.45) is 11.5 Å². The lowest BCUT2D eigenvalue weighted by molar-refractivity contribution is -0.116. The zero-order valence-corrected chi connectivity index (χ0v) is 22.4. The molecule has 0 fully saturated rings. The fourth-order valence-electron chi connectivity index (χ4n) is 2.85. The van der Waals surface area contributed by atoms with Crippen molar-refractivity contribution in [2.45, 2.75) is 47.5 Å². The minimum Gasteiger partial charge on any atom is -0.449 e. The van der Waals surface area contributed by atoms with Gasteiger partial charge in [-0.2, -0.15) is 0 Å². The number of rotatable bonds is 10. The van der Waals surface area contributed by atoms with E-state index in [9.17, 15) is 14.0 Å². The highest BCUT2D eigenvalue weighted by atomic mass is 32.2. The second-order valence-electron chi connectivity index (χ2n) is 6.99. The van der Waals surface area contributed by atoms with Gasteiger partial charge in [0, 0.05) is 30.1 Å². The number of nitrogens with two attached hydrogens (primary N) is 2. The summed E-state index contributed by atoms with van der Waals surface area (Å²) in [6.07, 6.45) is 9.47. The normalized spacial score (nSPS) is 12.1. The topological polar surface area (TPSA) is 111 Å². The number of carbonyl (C=O) groups excluding carboxylic acids is 2. The van der Waals surface area contributed by atoms with Crippen molar-refractivity contribution in [3.05, 3.63) is 59.5 Å². The molecule has 7 nitrogen and oxygen atoms in total. The Bertz CT molecular complexity index is 872. The van der Waals surface area contributed by atoms with Crippen LogP contribution in [0, 0.1) is 5.82 Å². The number of allylic oxidation sites excluding steroid dienone is 4. The van der Waals surface area contributed by atoms with E-state index in [1.54, 1.807) is 31.0 Å². The predicted octanol–water partition coefficient (Wildman–Crippen LogP) is 5.18. The van der Waals surface area contributed by atoms with E-state index in [0.717, 1.165) is 29.9 Å². The molecule has 0 spiro atoms. The van der Waals surface area contributed by atoms with Gasteiger partial charge in [-0.1, -0.05) is 57.0 Å². The van der Waals surface area contributed by atoms with Gasteiger partial charge in [-0.15, -0.1) is 0 Å². The number of benzene rings is 1. The molecular formula is C26H41FN4O3S. The number of nitrogens with one attached hydrogen (secondary N) is 1. The third-order valence-corrected chi connectivity index (χ3v) is 5.43. The number of carbonyl (C=O) groups is 2. The van der Waals surface area contributed by atoms with Crippen LogP contribution in [0.3, 0.4) is 0 Å². The van der Waals surface area contributed by atoms with Gasteiger partial charge in [-0.3, -0.25) is 14.4 Å². The Kier molecular flexibility index (Phi) is 18.2. The summed E-state index contributed by atoms with van der Waals surface area (Å²) in [6.45, 7) is 11.2. The molecule has 0 aliphatic heterocycles. The van der Waals surface area contributed by atoms with Crippen LogP contribution in [0.2, 0.25) is 0 Å². The number of halogens is 1. The van der Waals surface area contributed by atoms with Crippen molar-refractivity contribution < 1.29 is 18.7 Å². The Morgan fingerprint density at radius 2 is 1.89 bits per heavy atom. The molecule has 0 saturated heterocycles. The van der Waals surface area contributed by atoms with Gasteiger partial charge in [0.1, 0.15) is 5.82 Å². The Morgan fingerprint density at radius 1 is 1.20 bits per heavy atom. The molecule has 5 N–H and O–H groups in total. The molecule has 1 aromatic carbocycles. The Morgan fingerprint density at radius 3 is 2.43 bits per heavy atom. The number of amides is 2. The van der Waals surface area contributed by atoms with Gasteiger partial charge in [-0.25, -0.2) is 9.18 Å². The van der Waals surface area contributed by atoms with E-state index in [0.29, 0.717) is 24.2 Å². The van der Waals surface area contributed by atoms with Crippen molar-refractivity contribution in [2.75, 3.05) is 36.9 Å². The number of hydrogen-bond acceptors (Lipinski definition) is 6. The van der Waals surface area contributed by atoms with E-state index in [1.807, 2.05) is 32.9 Å². The van der Waals surface area contributed by atoms with E-state index in [1.165, 1.54) is 11.0 Å². The summed E-state index contributed by atoms with van der Waals surface area (Å²) < 4.78 is 23.2. The molecule has 0 bridgehead atoms. The number of anilines is 1. The molecule has 2 rings (SSSR count). The summed E-state index contributed by atoms with van der Waals surface area (Å²) in [5.74, 6) is 0.273. The van der Waals surface area contributed by atoms with Crippen molar-refractivity contribution in [3.63, 3.8) is 0 Å². The fraction of sp³-hybridized carbons (Fsp3) is 0.462. The Hall–Kier alpha value is -2.62. The van der Waals surface area contributed by atoms with Crippen LogP contribution in [0.15, 0.2) is 48.1 Å². The molecule has 1 aliphatic carbocycles. The lowest BCUT2D eigenvalue weighted by Gasteiger charge is -2.20. The van der Waals surface area contributed by atoms with Gasteiger partial charge in [0.2, 0.25) is 5.91 Å². The maximum absolute atomic E-state index is 14.8. The molecule has 1 aromatic rings. The number of hydrogen-bond donors (Lipinski definition) is 3. The SMILES string of the molecule is CC.CCCSNCC1=CC=C(c2ccc(N(CC)C(=O)OCC)cc2F)CC=C1.NCC(N)=O. The van der Waals surface area contributed by atoms with Crippen LogP contribution in [0.4, 0.5) is 14.9 Å². The van der Waals surface area contributed by atoms with E-state index in [4.69, 9.17) is 10.5 Å². The van der Waals surface area contributed by atoms with Gasteiger partial charge in [0.25, 0.3) is 0 Å². The van der Waals surface area contributed by atoms with Crippen LogP contribution in [-0.4, -0.2) is 44.0 Å². The lowest BCUT2D eigenvalue weighted by atomic mass is 10.0. The summed E-state index contributed by atoms with van der Waals surface area (Å²) >= 11 is 1.72. The number of primary amides is 1. The largest absolute Gasteiger partial charge is 0.449 e. The van der Waals surface area contributed by atoms with Gasteiger partial charge in [-0.05, 0) is 56.0 Å². The second kappa shape index (κ2) is 19.7. The van der Waals surface area contributed by atoms with Crippen molar-refractivity contribution in [1.29, 1.82) is 0 Å². The van der Waals surface area contributed by atoms with Gasteiger partial charge in [0.05, 0.1) is 13.2 Å². The van der Waals surface area contributed by atoms with Crippen LogP contribution in [-0.2, 0) is 9.53 Å². The highest BCUT2D eigenvalue weighted by Gasteiger charge is 2.17. The van der Waals surface area contributed by atoms with E-state index < -0.39 is 12.0 Å². The predicted molar refractivity (Wildman–Crippen MR) is 147 cm³/mol. The molecule has 0 radical (unpaired) electrons. The standard InChI is InChI=1S/C22H29FN2O2S.C2H6N2O.C2H6/c1-4-14-28-24-16-17-8-7-9-18(11-10-17)20-13-12-19(15-21(20)23)25(5-2)22(26)27-6-3;3-1-2(4)5;1-2/h7-8,10-13,15,24H,4-6,9,14,16H2,1-3H3;1,3H2,(H2,4,5);1-2H3. The average Bonchev–Trinajstić information content (AvgIpc) is 3.10. The van der Waals surface area contributed by atoms with Crippen LogP contribution >= 0.6 is 11.9 Å². The molecule has 0 saturated carbocycles. The molecule has 2 amide bonds. The smallest absolute Gasteiger partial charge is 0.414 e. The molecule has 0 unspecified atom stereocenters. The first-order chi connectivity index (χ1) is 16.9. The van der Waals surface area contributed by atoms with Crippen LogP contribution < -0.4 is 21.1 Å². The monoisotopic (exact) mass is 508 g/mol. The summed E-state index contributed by atoms with van der Waals surface area (Å²) in [5, 5.41) is 0. The van der Waals surface area contributed by atoms with Crippen LogP contribution in [0.5, 0.6) is 0 Å². The highest BCUT2D eigenvalue weighted by Crippen LogP contribution is 2.28. The van der Waals surface area contributed by atoms with Crippen LogP contribution in [0.1, 0.15) is 53.0 Å². The van der Waals surface area contributed by atoms with Crippen molar-refractivity contribution in [3.8, 4) is 0 Å². The maximum atomic E-state index is 14.8. The zero-order valence-electron chi connectivity index (χ0n) is 21.6. The fourth-order valence-corrected chi connectivity index (χ4v) is 3.46. The van der Waals surface area contributed by atoms with Gasteiger partial charge in [0.15, 0.2) is 0 Å². The second-order valence-corrected chi connectivity index (χ2v) is 7.97. The molecular weight excluding hydrogens is 467 g/mol. The first-order valence-corrected chi connectivity index (χ1v) is 13.0. The third kappa shape index (κ3) is 12.6. The molecule has 0 aromatic heterocycles. The Balaban J connectivity index is 0.00000146. The third-order valence-electron chi connectivity index (χ3n) is 4.47. The molecule has 35 heavy (non-hydrogen) atoms. The molecule has 196 valence electrons. The van der Waals surface area contributed by atoms with E-state index >= 15 is 0 Å². The first-order valence-electron chi connectivity index (χ1n) is 12.0. The van der Waals surface area contributed by atoms with E-state index in [-0.39, 0.29) is 19.0 Å². The lowest BCUT2D eigenvalue weighted by Crippen LogP contribution is -2.31. The quantitative estimate of drug-likeness (QED) is 0.297. The van der Waals surface area contributed by atoms with Gasteiger partial charge < -0.3 is 16.2 Å². The Labute approximate surface area is 214 Å². The zero-order chi connectivity index (χ0) is 26.6. The minimum absolute atomic E-state index is 0.0556. The number of ether oxygens (including phenoxy) is 1. The summed E-state index contributed by atoms with van der Waals surface area (Å²) in [4.78, 5) is 22.9. The van der Waals surface area contributed by atoms with Crippen LogP contribution in [0.25, 0.3) is 5.57 Å². The first kappa shape index (κ1) is 32.4. The van der Waals surface area contributed by atoms with Crippen molar-refractivity contribution >= 4 is 35.2 Å². The maximum Gasteiger partial charge on any atom is 0.414 e. The van der Waals surface area contributed by atoms with Gasteiger partial charge >= 0.3 is 6.09 Å². The van der Waals surface area contributed by atoms with E-state index in [2.05, 4.69) is 29.5 Å². The molecule has 0 atom stereocenters. The average molecular weight is 509 g/mol. The summed E-state index contributed by atoms with van der Waals surface area (Å²) in [6, 6.07) is 4.90. The summed E-state index contributed by atoms with van der Waals surface area (Å²) in [5.41, 5.74) is 12.4. The minimum atomic E-state index is -0.468. The molecule has 0 heterocycles. The highest BCUT2D eigenvalue weighted by molar-refractivity contribution is 7.97. The summed E-state index contributed by atoms with van der Waals surface area (Å²) in [7, 11) is 0. The van der Waals surface area contributed by atoms with Crippen molar-refractivity contribution in [1.82, 2.24) is 4.72 Å².